The Labute approximate surface area is 144 Å². The highest BCUT2D eigenvalue weighted by molar-refractivity contribution is 9.10. The van der Waals surface area contributed by atoms with E-state index in [1.54, 1.807) is 12.1 Å². The minimum absolute atomic E-state index is 0.00962. The summed E-state index contributed by atoms with van der Waals surface area (Å²) in [7, 11) is 0. The summed E-state index contributed by atoms with van der Waals surface area (Å²) < 4.78 is 51.1. The van der Waals surface area contributed by atoms with Gasteiger partial charge in [-0.15, -0.1) is 13.2 Å². The van der Waals surface area contributed by atoms with E-state index in [2.05, 4.69) is 20.7 Å². The van der Waals surface area contributed by atoms with Gasteiger partial charge in [0, 0.05) is 4.47 Å². The number of halogens is 4. The van der Waals surface area contributed by atoms with E-state index in [4.69, 9.17) is 9.47 Å². The Morgan fingerprint density at radius 2 is 1.50 bits per heavy atom. The molecule has 0 aromatic heterocycles. The number of carbonyl (C=O) groups excluding carboxylic acids is 1. The molecule has 0 aliphatic rings. The highest BCUT2D eigenvalue weighted by atomic mass is 79.9. The second-order valence-electron chi connectivity index (χ2n) is 4.51. The van der Waals surface area contributed by atoms with Gasteiger partial charge in [-0.25, -0.2) is 4.79 Å². The number of carbonyl (C=O) groups is 1. The number of ether oxygens (including phenoxy) is 3. The molecule has 0 N–H and O–H groups in total. The predicted octanol–water partition coefficient (Wildman–Crippen LogP) is 4.58. The van der Waals surface area contributed by atoms with Crippen molar-refractivity contribution in [2.45, 2.75) is 6.36 Å². The first-order valence-electron chi connectivity index (χ1n) is 6.75. The van der Waals surface area contributed by atoms with Crippen molar-refractivity contribution < 1.29 is 32.2 Å². The van der Waals surface area contributed by atoms with Crippen LogP contribution in [0.25, 0.3) is 0 Å². The van der Waals surface area contributed by atoms with Gasteiger partial charge in [0.1, 0.15) is 24.7 Å². The molecule has 0 saturated carbocycles. The molecular weight excluding hydrogens is 393 g/mol. The zero-order valence-electron chi connectivity index (χ0n) is 12.2. The van der Waals surface area contributed by atoms with Crippen LogP contribution in [0.4, 0.5) is 13.2 Å². The van der Waals surface area contributed by atoms with Crippen LogP contribution in [0.1, 0.15) is 10.4 Å². The molecule has 0 radical (unpaired) electrons. The van der Waals surface area contributed by atoms with Crippen molar-refractivity contribution in [2.75, 3.05) is 13.2 Å². The number of hydrogen-bond donors (Lipinski definition) is 0. The third-order valence-electron chi connectivity index (χ3n) is 2.72. The molecule has 2 rings (SSSR count). The summed E-state index contributed by atoms with van der Waals surface area (Å²) in [6, 6.07) is 11.6. The molecule has 0 fully saturated rings. The maximum atomic E-state index is 12.0. The lowest BCUT2D eigenvalue weighted by atomic mass is 10.2. The molecule has 2 aromatic carbocycles. The van der Waals surface area contributed by atoms with Crippen LogP contribution in [0.2, 0.25) is 0 Å². The third kappa shape index (κ3) is 6.11. The monoisotopic (exact) mass is 404 g/mol. The summed E-state index contributed by atoms with van der Waals surface area (Å²) in [4.78, 5) is 11.8. The summed E-state index contributed by atoms with van der Waals surface area (Å²) in [5.74, 6) is -0.437. The normalized spacial score (nSPS) is 11.0. The molecule has 0 unspecified atom stereocenters. The second kappa shape index (κ2) is 8.05. The van der Waals surface area contributed by atoms with Crippen molar-refractivity contribution in [1.29, 1.82) is 0 Å². The van der Waals surface area contributed by atoms with E-state index in [-0.39, 0.29) is 18.8 Å². The molecule has 128 valence electrons. The van der Waals surface area contributed by atoms with E-state index in [0.717, 1.165) is 16.6 Å². The zero-order valence-corrected chi connectivity index (χ0v) is 13.8. The van der Waals surface area contributed by atoms with Crippen LogP contribution in [0.5, 0.6) is 11.5 Å². The molecule has 0 saturated heterocycles. The smallest absolute Gasteiger partial charge is 0.490 e. The lowest BCUT2D eigenvalue weighted by molar-refractivity contribution is -0.274. The van der Waals surface area contributed by atoms with Gasteiger partial charge in [-0.05, 0) is 48.5 Å². The Morgan fingerprint density at radius 3 is 2.08 bits per heavy atom. The van der Waals surface area contributed by atoms with Crippen LogP contribution in [0.15, 0.2) is 53.0 Å². The molecule has 2 aromatic rings. The molecule has 4 nitrogen and oxygen atoms in total. The maximum Gasteiger partial charge on any atom is 0.573 e. The summed E-state index contributed by atoms with van der Waals surface area (Å²) >= 11 is 3.30. The van der Waals surface area contributed by atoms with Crippen molar-refractivity contribution in [3.63, 3.8) is 0 Å². The highest BCUT2D eigenvalue weighted by Crippen LogP contribution is 2.23. The Bertz CT molecular complexity index is 669. The molecule has 0 amide bonds. The van der Waals surface area contributed by atoms with Crippen LogP contribution >= 0.6 is 15.9 Å². The van der Waals surface area contributed by atoms with Gasteiger partial charge in [-0.3, -0.25) is 0 Å². The Hall–Kier alpha value is -2.22. The Morgan fingerprint density at radius 1 is 0.917 bits per heavy atom. The van der Waals surface area contributed by atoms with Gasteiger partial charge in [0.2, 0.25) is 0 Å². The third-order valence-corrected chi connectivity index (χ3v) is 3.25. The first kappa shape index (κ1) is 18.1. The number of esters is 1. The van der Waals surface area contributed by atoms with Crippen molar-refractivity contribution in [2.24, 2.45) is 0 Å². The van der Waals surface area contributed by atoms with Crippen molar-refractivity contribution in [3.8, 4) is 11.5 Å². The average Bonchev–Trinajstić information content (AvgIpc) is 2.52. The van der Waals surface area contributed by atoms with Gasteiger partial charge in [-0.1, -0.05) is 15.9 Å². The quantitative estimate of drug-likeness (QED) is 0.521. The highest BCUT2D eigenvalue weighted by Gasteiger charge is 2.31. The van der Waals surface area contributed by atoms with E-state index >= 15 is 0 Å². The predicted molar refractivity (Wildman–Crippen MR) is 83.0 cm³/mol. The molecule has 0 spiro atoms. The maximum absolute atomic E-state index is 12.0. The molecule has 0 bridgehead atoms. The Balaban J connectivity index is 1.77. The van der Waals surface area contributed by atoms with Crippen molar-refractivity contribution in [1.82, 2.24) is 0 Å². The molecule has 24 heavy (non-hydrogen) atoms. The Kier molecular flexibility index (Phi) is 6.08. The van der Waals surface area contributed by atoms with E-state index in [1.165, 1.54) is 12.1 Å². The van der Waals surface area contributed by atoms with Crippen LogP contribution < -0.4 is 9.47 Å². The average molecular weight is 405 g/mol. The minimum Gasteiger partial charge on any atom is -0.490 e. The number of alkyl halides is 3. The van der Waals surface area contributed by atoms with Gasteiger partial charge < -0.3 is 14.2 Å². The molecule has 0 atom stereocenters. The van der Waals surface area contributed by atoms with Gasteiger partial charge >= 0.3 is 12.3 Å². The first-order valence-corrected chi connectivity index (χ1v) is 7.54. The van der Waals surface area contributed by atoms with Crippen molar-refractivity contribution >= 4 is 21.9 Å². The fourth-order valence-electron chi connectivity index (χ4n) is 1.70. The standard InChI is InChI=1S/C16H12BrF3O4/c17-12-3-7-13(8-4-12)22-9-10-23-15(21)11-1-5-14(6-2-11)24-16(18,19)20/h1-8H,9-10H2. The summed E-state index contributed by atoms with van der Waals surface area (Å²) in [5, 5.41) is 0. The first-order chi connectivity index (χ1) is 11.3. The fourth-order valence-corrected chi connectivity index (χ4v) is 1.97. The van der Waals surface area contributed by atoms with Crippen LogP contribution in [0.3, 0.4) is 0 Å². The summed E-state index contributed by atoms with van der Waals surface area (Å²) in [5.41, 5.74) is 0.119. The SMILES string of the molecule is O=C(OCCOc1ccc(Br)cc1)c1ccc(OC(F)(F)F)cc1. The fraction of sp³-hybridized carbons (Fsp3) is 0.188. The lowest BCUT2D eigenvalue weighted by Gasteiger charge is -2.10. The molecule has 0 aliphatic heterocycles. The molecule has 0 heterocycles. The van der Waals surface area contributed by atoms with Crippen LogP contribution in [0, 0.1) is 0 Å². The van der Waals surface area contributed by atoms with Crippen molar-refractivity contribution in [3.05, 3.63) is 58.6 Å². The summed E-state index contributed by atoms with van der Waals surface area (Å²) in [6.07, 6.45) is -4.77. The largest absolute Gasteiger partial charge is 0.573 e. The van der Waals surface area contributed by atoms with E-state index in [0.29, 0.717) is 5.75 Å². The van der Waals surface area contributed by atoms with Crippen LogP contribution in [-0.2, 0) is 4.74 Å². The van der Waals surface area contributed by atoms with Gasteiger partial charge in [0.25, 0.3) is 0 Å². The summed E-state index contributed by atoms with van der Waals surface area (Å²) in [6.45, 7) is 0.165. The van der Waals surface area contributed by atoms with E-state index in [9.17, 15) is 18.0 Å². The van der Waals surface area contributed by atoms with Crippen LogP contribution in [-0.4, -0.2) is 25.5 Å². The minimum atomic E-state index is -4.77. The number of rotatable bonds is 6. The topological polar surface area (TPSA) is 44.8 Å². The molecule has 8 heteroatoms. The molecule has 0 aliphatic carbocycles. The lowest BCUT2D eigenvalue weighted by Crippen LogP contribution is -2.17. The van der Waals surface area contributed by atoms with Gasteiger partial charge in [0.15, 0.2) is 0 Å². The van der Waals surface area contributed by atoms with E-state index < -0.39 is 18.1 Å². The zero-order chi connectivity index (χ0) is 17.6. The molecular formula is C16H12BrF3O4. The van der Waals surface area contributed by atoms with E-state index in [1.807, 2.05) is 12.1 Å². The number of benzene rings is 2. The van der Waals surface area contributed by atoms with Gasteiger partial charge in [-0.2, -0.15) is 0 Å². The number of hydrogen-bond acceptors (Lipinski definition) is 4. The second-order valence-corrected chi connectivity index (χ2v) is 5.43. The van der Waals surface area contributed by atoms with Gasteiger partial charge in [0.05, 0.1) is 5.56 Å².